The molecule has 1 aromatic rings. The third kappa shape index (κ3) is 2.51. The highest BCUT2D eigenvalue weighted by atomic mass is 32.2. The molecule has 0 spiro atoms. The second-order valence-corrected chi connectivity index (χ2v) is 3.56. The van der Waals surface area contributed by atoms with Crippen molar-refractivity contribution in [1.82, 2.24) is 0 Å². The lowest BCUT2D eigenvalue weighted by Crippen LogP contribution is -2.02. The van der Waals surface area contributed by atoms with E-state index in [4.69, 9.17) is 0 Å². The number of benzene rings is 1. The number of nitrogens with one attached hydrogen (secondary N) is 1. The molecule has 0 aromatic heterocycles. The summed E-state index contributed by atoms with van der Waals surface area (Å²) in [6, 6.07) is 7.24. The molecule has 1 N–H and O–H groups in total. The minimum absolute atomic E-state index is 0.623. The van der Waals surface area contributed by atoms with Crippen LogP contribution in [0.5, 0.6) is 0 Å². The summed E-state index contributed by atoms with van der Waals surface area (Å²) in [7, 11) is 0. The average molecular weight is 202 g/mol. The fraction of sp³-hybridized carbons (Fsp3) is 0.143. The molecule has 12 heavy (non-hydrogen) atoms. The first kappa shape index (κ1) is 9.57. The highest BCUT2D eigenvalue weighted by Crippen LogP contribution is 2.24. The molecular formula is C7H8NO2S2-. The fourth-order valence-corrected chi connectivity index (χ4v) is 1.79. The Kier molecular flexibility index (Phi) is 3.58. The lowest BCUT2D eigenvalue weighted by atomic mass is 10.3. The molecule has 0 radical (unpaired) electrons. The van der Waals surface area contributed by atoms with E-state index in [0.717, 1.165) is 4.90 Å². The van der Waals surface area contributed by atoms with Crippen LogP contribution < -0.4 is 4.72 Å². The Morgan fingerprint density at radius 2 is 2.17 bits per heavy atom. The van der Waals surface area contributed by atoms with Gasteiger partial charge >= 0.3 is 0 Å². The van der Waals surface area contributed by atoms with E-state index in [-0.39, 0.29) is 0 Å². The van der Waals surface area contributed by atoms with E-state index in [2.05, 4.69) is 4.72 Å². The fourth-order valence-electron chi connectivity index (χ4n) is 0.819. The monoisotopic (exact) mass is 202 g/mol. The van der Waals surface area contributed by atoms with Crippen LogP contribution in [0, 0.1) is 0 Å². The van der Waals surface area contributed by atoms with Crippen molar-refractivity contribution in [2.45, 2.75) is 4.90 Å². The normalized spacial score (nSPS) is 12.5. The van der Waals surface area contributed by atoms with Crippen LogP contribution in [-0.4, -0.2) is 15.0 Å². The Bertz CT molecular complexity index is 290. The van der Waals surface area contributed by atoms with Gasteiger partial charge in [0.1, 0.15) is 0 Å². The Hall–Kier alpha value is -0.520. The van der Waals surface area contributed by atoms with Crippen LogP contribution in [0.3, 0.4) is 0 Å². The van der Waals surface area contributed by atoms with E-state index in [1.165, 1.54) is 11.8 Å². The first-order valence-corrected chi connectivity index (χ1v) is 5.53. The van der Waals surface area contributed by atoms with Crippen LogP contribution in [0.4, 0.5) is 5.69 Å². The zero-order valence-electron chi connectivity index (χ0n) is 6.44. The SMILES string of the molecule is CSc1ccccc1NS(=O)[O-]. The van der Waals surface area contributed by atoms with E-state index in [0.29, 0.717) is 5.69 Å². The number of thioether (sulfide) groups is 1. The van der Waals surface area contributed by atoms with E-state index < -0.39 is 11.3 Å². The molecule has 66 valence electrons. The van der Waals surface area contributed by atoms with Crippen molar-refractivity contribution >= 4 is 28.7 Å². The zero-order valence-corrected chi connectivity index (χ0v) is 8.08. The van der Waals surface area contributed by atoms with Gasteiger partial charge in [0.05, 0.1) is 5.69 Å². The maximum atomic E-state index is 10.3. The molecule has 3 nitrogen and oxygen atoms in total. The summed E-state index contributed by atoms with van der Waals surface area (Å²) >= 11 is -0.740. The van der Waals surface area contributed by atoms with Crippen molar-refractivity contribution in [3.8, 4) is 0 Å². The Labute approximate surface area is 78.0 Å². The Morgan fingerprint density at radius 1 is 1.50 bits per heavy atom. The van der Waals surface area contributed by atoms with Crippen molar-refractivity contribution in [2.24, 2.45) is 0 Å². The molecule has 0 saturated carbocycles. The summed E-state index contributed by atoms with van der Waals surface area (Å²) in [5.41, 5.74) is 0.623. The van der Waals surface area contributed by atoms with Gasteiger partial charge in [-0.2, -0.15) is 0 Å². The highest BCUT2D eigenvalue weighted by molar-refractivity contribution is 7.98. The summed E-state index contributed by atoms with van der Waals surface area (Å²) < 4.78 is 23.0. The third-order valence-electron chi connectivity index (χ3n) is 1.30. The van der Waals surface area contributed by atoms with E-state index in [1.807, 2.05) is 18.4 Å². The van der Waals surface area contributed by atoms with Gasteiger partial charge < -0.3 is 9.27 Å². The Morgan fingerprint density at radius 3 is 2.75 bits per heavy atom. The molecular weight excluding hydrogens is 194 g/mol. The van der Waals surface area contributed by atoms with Crippen molar-refractivity contribution in [3.05, 3.63) is 24.3 Å². The van der Waals surface area contributed by atoms with Gasteiger partial charge in [-0.3, -0.25) is 4.21 Å². The Balaban J connectivity index is 2.89. The molecule has 0 aliphatic heterocycles. The molecule has 0 bridgehead atoms. The van der Waals surface area contributed by atoms with Crippen LogP contribution in [0.25, 0.3) is 0 Å². The second kappa shape index (κ2) is 4.49. The number of rotatable bonds is 3. The van der Waals surface area contributed by atoms with Gasteiger partial charge in [0, 0.05) is 16.2 Å². The predicted octanol–water partition coefficient (Wildman–Crippen LogP) is 1.61. The van der Waals surface area contributed by atoms with Crippen LogP contribution in [0.15, 0.2) is 29.2 Å². The van der Waals surface area contributed by atoms with Gasteiger partial charge in [0.15, 0.2) is 0 Å². The zero-order chi connectivity index (χ0) is 8.97. The third-order valence-corrected chi connectivity index (χ3v) is 2.48. The number of anilines is 1. The molecule has 0 saturated heterocycles. The van der Waals surface area contributed by atoms with Gasteiger partial charge in [-0.25, -0.2) is 0 Å². The van der Waals surface area contributed by atoms with Gasteiger partial charge in [-0.15, -0.1) is 11.8 Å². The minimum Gasteiger partial charge on any atom is -0.755 e. The van der Waals surface area contributed by atoms with Crippen molar-refractivity contribution in [2.75, 3.05) is 11.0 Å². The molecule has 0 fully saturated rings. The number of para-hydroxylation sites is 1. The van der Waals surface area contributed by atoms with Crippen LogP contribution in [0.1, 0.15) is 0 Å². The van der Waals surface area contributed by atoms with E-state index >= 15 is 0 Å². The summed E-state index contributed by atoms with van der Waals surface area (Å²) in [6.07, 6.45) is 1.90. The molecule has 1 aromatic carbocycles. The lowest BCUT2D eigenvalue weighted by molar-refractivity contribution is 0.542. The first-order valence-electron chi connectivity index (χ1n) is 3.23. The quantitative estimate of drug-likeness (QED) is 0.598. The molecule has 0 aliphatic rings. The van der Waals surface area contributed by atoms with Gasteiger partial charge in [-0.1, -0.05) is 12.1 Å². The molecule has 0 heterocycles. The van der Waals surface area contributed by atoms with Crippen LogP contribution in [-0.2, 0) is 11.3 Å². The summed E-state index contributed by atoms with van der Waals surface area (Å²) in [5, 5.41) is 0. The van der Waals surface area contributed by atoms with E-state index in [9.17, 15) is 8.76 Å². The van der Waals surface area contributed by atoms with Gasteiger partial charge in [0.25, 0.3) is 0 Å². The largest absolute Gasteiger partial charge is 0.755 e. The summed E-state index contributed by atoms with van der Waals surface area (Å²) in [5.74, 6) is 0. The molecule has 0 amide bonds. The molecule has 5 heteroatoms. The standard InChI is InChI=1S/C7H9NO2S2/c1-11-7-5-3-2-4-6(7)8-12(9)10/h2-5,8H,1H3,(H,9,10)/p-1. The second-order valence-electron chi connectivity index (χ2n) is 2.04. The average Bonchev–Trinajstić information content (AvgIpc) is 2.04. The maximum Gasteiger partial charge on any atom is 0.0588 e. The van der Waals surface area contributed by atoms with Crippen molar-refractivity contribution in [1.29, 1.82) is 0 Å². The maximum absolute atomic E-state index is 10.3. The van der Waals surface area contributed by atoms with E-state index in [1.54, 1.807) is 12.1 Å². The molecule has 1 atom stereocenters. The van der Waals surface area contributed by atoms with Gasteiger partial charge in [0.2, 0.25) is 0 Å². The predicted molar refractivity (Wildman–Crippen MR) is 50.8 cm³/mol. The summed E-state index contributed by atoms with van der Waals surface area (Å²) in [6.45, 7) is 0. The minimum atomic E-state index is -2.24. The highest BCUT2D eigenvalue weighted by Gasteiger charge is 1.97. The lowest BCUT2D eigenvalue weighted by Gasteiger charge is -2.11. The van der Waals surface area contributed by atoms with Crippen molar-refractivity contribution < 1.29 is 8.76 Å². The molecule has 0 aliphatic carbocycles. The number of hydrogen-bond acceptors (Lipinski definition) is 3. The van der Waals surface area contributed by atoms with Gasteiger partial charge in [-0.05, 0) is 18.4 Å². The molecule has 1 unspecified atom stereocenters. The van der Waals surface area contributed by atoms with Crippen molar-refractivity contribution in [3.63, 3.8) is 0 Å². The smallest absolute Gasteiger partial charge is 0.0588 e. The summed E-state index contributed by atoms with van der Waals surface area (Å²) in [4.78, 5) is 0.918. The number of hydrogen-bond donors (Lipinski definition) is 1. The topological polar surface area (TPSA) is 52.2 Å². The van der Waals surface area contributed by atoms with Crippen LogP contribution in [0.2, 0.25) is 0 Å². The molecule has 1 rings (SSSR count). The first-order chi connectivity index (χ1) is 5.74. The van der Waals surface area contributed by atoms with Crippen LogP contribution >= 0.6 is 11.8 Å².